The van der Waals surface area contributed by atoms with Crippen LogP contribution in [-0.2, 0) is 4.79 Å². The quantitative estimate of drug-likeness (QED) is 0.554. The molecule has 0 aromatic carbocycles. The number of aliphatic carboxylic acids is 1. The molecule has 0 heterocycles. The van der Waals surface area contributed by atoms with E-state index < -0.39 is 5.97 Å². The molecular formula is C11H22N2O3. The monoisotopic (exact) mass is 230 g/mol. The fourth-order valence-electron chi connectivity index (χ4n) is 1.29. The van der Waals surface area contributed by atoms with Crippen molar-refractivity contribution in [2.24, 2.45) is 5.92 Å². The van der Waals surface area contributed by atoms with Crippen LogP contribution >= 0.6 is 0 Å². The summed E-state index contributed by atoms with van der Waals surface area (Å²) in [6.07, 6.45) is 2.85. The molecule has 0 aromatic rings. The first-order valence-corrected chi connectivity index (χ1v) is 5.83. The lowest BCUT2D eigenvalue weighted by Gasteiger charge is -2.13. The van der Waals surface area contributed by atoms with E-state index in [-0.39, 0.29) is 18.4 Å². The number of unbranched alkanes of at least 4 members (excludes halogenated alkanes) is 1. The highest BCUT2D eigenvalue weighted by molar-refractivity contribution is 5.73. The van der Waals surface area contributed by atoms with Gasteiger partial charge in [0, 0.05) is 19.5 Å². The molecule has 16 heavy (non-hydrogen) atoms. The maximum Gasteiger partial charge on any atom is 0.314 e. The lowest BCUT2D eigenvalue weighted by Crippen LogP contribution is -2.38. The van der Waals surface area contributed by atoms with Gasteiger partial charge in [0.15, 0.2) is 0 Å². The van der Waals surface area contributed by atoms with Crippen LogP contribution in [0, 0.1) is 5.92 Å². The Bertz CT molecular complexity index is 219. The van der Waals surface area contributed by atoms with Gasteiger partial charge in [-0.1, -0.05) is 26.7 Å². The van der Waals surface area contributed by atoms with E-state index in [1.54, 1.807) is 0 Å². The molecule has 0 saturated carbocycles. The van der Waals surface area contributed by atoms with E-state index in [1.165, 1.54) is 0 Å². The van der Waals surface area contributed by atoms with Crippen LogP contribution in [0.4, 0.5) is 4.79 Å². The number of carboxylic acids is 1. The first-order valence-electron chi connectivity index (χ1n) is 5.83. The molecule has 5 nitrogen and oxygen atoms in total. The van der Waals surface area contributed by atoms with Crippen LogP contribution in [-0.4, -0.2) is 30.2 Å². The first-order chi connectivity index (χ1) is 7.60. The summed E-state index contributed by atoms with van der Waals surface area (Å²) in [4.78, 5) is 21.8. The number of amides is 2. The summed E-state index contributed by atoms with van der Waals surface area (Å²) < 4.78 is 0. The summed E-state index contributed by atoms with van der Waals surface area (Å²) in [6.45, 7) is 5.06. The number of hydrogen-bond acceptors (Lipinski definition) is 2. The van der Waals surface area contributed by atoms with Gasteiger partial charge in [-0.05, 0) is 12.3 Å². The molecule has 0 aliphatic heterocycles. The van der Waals surface area contributed by atoms with Crippen LogP contribution in [0.2, 0.25) is 0 Å². The Morgan fingerprint density at radius 2 is 1.94 bits per heavy atom. The van der Waals surface area contributed by atoms with Crippen LogP contribution in [0.25, 0.3) is 0 Å². The Hall–Kier alpha value is -1.26. The van der Waals surface area contributed by atoms with E-state index >= 15 is 0 Å². The van der Waals surface area contributed by atoms with Gasteiger partial charge in [0.2, 0.25) is 0 Å². The highest BCUT2D eigenvalue weighted by Gasteiger charge is 2.11. The first kappa shape index (κ1) is 14.7. The van der Waals surface area contributed by atoms with Crippen molar-refractivity contribution in [3.63, 3.8) is 0 Å². The normalized spacial score (nSPS) is 11.9. The average molecular weight is 230 g/mol. The third-order valence-corrected chi connectivity index (χ3v) is 2.41. The fourth-order valence-corrected chi connectivity index (χ4v) is 1.29. The van der Waals surface area contributed by atoms with Gasteiger partial charge in [-0.15, -0.1) is 0 Å². The summed E-state index contributed by atoms with van der Waals surface area (Å²) in [5.74, 6) is -0.811. The molecule has 0 rings (SSSR count). The SMILES string of the molecule is CCCCNC(=O)NCC(CC)CC(=O)O. The molecule has 0 radical (unpaired) electrons. The van der Waals surface area contributed by atoms with E-state index in [1.807, 2.05) is 6.92 Å². The third-order valence-electron chi connectivity index (χ3n) is 2.41. The zero-order valence-corrected chi connectivity index (χ0v) is 10.1. The van der Waals surface area contributed by atoms with E-state index in [2.05, 4.69) is 17.6 Å². The number of carbonyl (C=O) groups is 2. The second-order valence-electron chi connectivity index (χ2n) is 3.86. The maximum absolute atomic E-state index is 11.3. The van der Waals surface area contributed by atoms with Gasteiger partial charge in [-0.2, -0.15) is 0 Å². The molecule has 0 aliphatic rings. The molecule has 1 unspecified atom stereocenters. The van der Waals surface area contributed by atoms with Gasteiger partial charge < -0.3 is 15.7 Å². The second kappa shape index (κ2) is 9.00. The van der Waals surface area contributed by atoms with E-state index in [0.717, 1.165) is 19.3 Å². The summed E-state index contributed by atoms with van der Waals surface area (Å²) in [5, 5.41) is 14.0. The fraction of sp³-hybridized carbons (Fsp3) is 0.818. The lowest BCUT2D eigenvalue weighted by atomic mass is 10.0. The van der Waals surface area contributed by atoms with Gasteiger partial charge in [0.1, 0.15) is 0 Å². The van der Waals surface area contributed by atoms with Crippen LogP contribution in [0.1, 0.15) is 39.5 Å². The molecule has 0 bridgehead atoms. The van der Waals surface area contributed by atoms with Crippen molar-refractivity contribution >= 4 is 12.0 Å². The number of urea groups is 1. The van der Waals surface area contributed by atoms with Crippen molar-refractivity contribution in [3.05, 3.63) is 0 Å². The molecule has 3 N–H and O–H groups in total. The topological polar surface area (TPSA) is 78.4 Å². The average Bonchev–Trinajstić information content (AvgIpc) is 2.24. The van der Waals surface area contributed by atoms with Gasteiger partial charge in [0.05, 0.1) is 0 Å². The number of carboxylic acid groups (broad SMARTS) is 1. The lowest BCUT2D eigenvalue weighted by molar-refractivity contribution is -0.138. The number of carbonyl (C=O) groups excluding carboxylic acids is 1. The largest absolute Gasteiger partial charge is 0.481 e. The third kappa shape index (κ3) is 8.08. The minimum absolute atomic E-state index is 0.00873. The summed E-state index contributed by atoms with van der Waals surface area (Å²) in [7, 11) is 0. The van der Waals surface area contributed by atoms with Gasteiger partial charge in [-0.25, -0.2) is 4.79 Å². The molecular weight excluding hydrogens is 208 g/mol. The molecule has 0 spiro atoms. The van der Waals surface area contributed by atoms with Crippen molar-refractivity contribution in [1.29, 1.82) is 0 Å². The number of rotatable bonds is 8. The summed E-state index contributed by atoms with van der Waals surface area (Å²) in [5.41, 5.74) is 0. The summed E-state index contributed by atoms with van der Waals surface area (Å²) in [6, 6.07) is -0.211. The molecule has 1 atom stereocenters. The molecule has 2 amide bonds. The smallest absolute Gasteiger partial charge is 0.314 e. The second-order valence-corrected chi connectivity index (χ2v) is 3.86. The van der Waals surface area contributed by atoms with Crippen molar-refractivity contribution < 1.29 is 14.7 Å². The van der Waals surface area contributed by atoms with Gasteiger partial charge in [-0.3, -0.25) is 4.79 Å². The van der Waals surface area contributed by atoms with Gasteiger partial charge >= 0.3 is 12.0 Å². The van der Waals surface area contributed by atoms with Crippen molar-refractivity contribution in [3.8, 4) is 0 Å². The van der Waals surface area contributed by atoms with Crippen LogP contribution in [0.15, 0.2) is 0 Å². The minimum atomic E-state index is -0.819. The van der Waals surface area contributed by atoms with Gasteiger partial charge in [0.25, 0.3) is 0 Å². The van der Waals surface area contributed by atoms with Crippen molar-refractivity contribution in [1.82, 2.24) is 10.6 Å². The highest BCUT2D eigenvalue weighted by atomic mass is 16.4. The predicted octanol–water partition coefficient (Wildman–Crippen LogP) is 1.59. The van der Waals surface area contributed by atoms with E-state index in [0.29, 0.717) is 13.1 Å². The Kier molecular flexibility index (Phi) is 8.29. The minimum Gasteiger partial charge on any atom is -0.481 e. The molecule has 0 fully saturated rings. The van der Waals surface area contributed by atoms with Crippen LogP contribution in [0.3, 0.4) is 0 Å². The van der Waals surface area contributed by atoms with Crippen LogP contribution < -0.4 is 10.6 Å². The maximum atomic E-state index is 11.3. The van der Waals surface area contributed by atoms with E-state index in [4.69, 9.17) is 5.11 Å². The Morgan fingerprint density at radius 1 is 1.25 bits per heavy atom. The number of hydrogen-bond donors (Lipinski definition) is 3. The van der Waals surface area contributed by atoms with E-state index in [9.17, 15) is 9.59 Å². The molecule has 5 heteroatoms. The molecule has 0 aromatic heterocycles. The molecule has 0 saturated heterocycles. The zero-order chi connectivity index (χ0) is 12.4. The predicted molar refractivity (Wildman–Crippen MR) is 62.3 cm³/mol. The van der Waals surface area contributed by atoms with Crippen LogP contribution in [0.5, 0.6) is 0 Å². The molecule has 0 aliphatic carbocycles. The Labute approximate surface area is 96.6 Å². The van der Waals surface area contributed by atoms with Crippen molar-refractivity contribution in [2.45, 2.75) is 39.5 Å². The number of nitrogens with one attached hydrogen (secondary N) is 2. The summed E-state index contributed by atoms with van der Waals surface area (Å²) >= 11 is 0. The Morgan fingerprint density at radius 3 is 2.44 bits per heavy atom. The highest BCUT2D eigenvalue weighted by Crippen LogP contribution is 2.06. The molecule has 94 valence electrons. The standard InChI is InChI=1S/C11H22N2O3/c1-3-5-6-12-11(16)13-8-9(4-2)7-10(14)15/h9H,3-8H2,1-2H3,(H,14,15)(H2,12,13,16). The van der Waals surface area contributed by atoms with Crippen molar-refractivity contribution in [2.75, 3.05) is 13.1 Å². The Balaban J connectivity index is 3.66. The zero-order valence-electron chi connectivity index (χ0n) is 10.1.